The van der Waals surface area contributed by atoms with E-state index in [4.69, 9.17) is 17.0 Å². The maximum Gasteiger partial charge on any atom is 0.257 e. The van der Waals surface area contributed by atoms with E-state index in [2.05, 4.69) is 43.9 Å². The highest BCUT2D eigenvalue weighted by molar-refractivity contribution is 14.1. The largest absolute Gasteiger partial charge is 0.496 e. The number of hydrogen-bond acceptors (Lipinski definition) is 5. The van der Waals surface area contributed by atoms with E-state index >= 15 is 0 Å². The first kappa shape index (κ1) is 26.1. The number of benzene rings is 4. The molecule has 4 aromatic carbocycles. The number of methoxy groups -OCH3 is 1. The molecule has 0 radical (unpaired) electrons. The highest BCUT2D eigenvalue weighted by Gasteiger charge is 2.15. The number of carbonyl (C=O) groups is 2. The molecule has 0 bridgehead atoms. The third-order valence-corrected chi connectivity index (χ3v) is 6.31. The smallest absolute Gasteiger partial charge is 0.257 e. The molecule has 0 saturated heterocycles. The van der Waals surface area contributed by atoms with Gasteiger partial charge in [-0.2, -0.15) is 0 Å². The SMILES string of the molecule is COc1ccc(C(=O)NC(=S)Nc2ccccc2C(=O)Nc2ccc(Nc3ccccc3)cc2)cc1I. The van der Waals surface area contributed by atoms with Crippen molar-refractivity contribution in [1.82, 2.24) is 5.32 Å². The topological polar surface area (TPSA) is 91.5 Å². The third-order valence-electron chi connectivity index (χ3n) is 5.27. The summed E-state index contributed by atoms with van der Waals surface area (Å²) in [6.07, 6.45) is 0. The van der Waals surface area contributed by atoms with Crippen LogP contribution in [0.15, 0.2) is 97.1 Å². The summed E-state index contributed by atoms with van der Waals surface area (Å²) >= 11 is 7.43. The van der Waals surface area contributed by atoms with Gasteiger partial charge in [-0.3, -0.25) is 14.9 Å². The molecule has 4 rings (SSSR count). The first-order chi connectivity index (χ1) is 17.9. The van der Waals surface area contributed by atoms with Crippen LogP contribution in [-0.2, 0) is 0 Å². The van der Waals surface area contributed by atoms with Crippen LogP contribution in [-0.4, -0.2) is 24.0 Å². The zero-order valence-corrected chi connectivity index (χ0v) is 22.7. The Bertz CT molecular complexity index is 1430. The second kappa shape index (κ2) is 12.3. The summed E-state index contributed by atoms with van der Waals surface area (Å²) in [5.41, 5.74) is 3.80. The molecule has 9 heteroatoms. The van der Waals surface area contributed by atoms with E-state index in [-0.39, 0.29) is 16.9 Å². The van der Waals surface area contributed by atoms with Gasteiger partial charge in [0, 0.05) is 22.6 Å². The van der Waals surface area contributed by atoms with Crippen molar-refractivity contribution >= 4 is 74.5 Å². The lowest BCUT2D eigenvalue weighted by molar-refractivity contribution is 0.0976. The van der Waals surface area contributed by atoms with Crippen LogP contribution in [0.1, 0.15) is 20.7 Å². The van der Waals surface area contributed by atoms with Gasteiger partial charge in [0.05, 0.1) is 21.9 Å². The summed E-state index contributed by atoms with van der Waals surface area (Å²) < 4.78 is 6.03. The molecule has 0 saturated carbocycles. The van der Waals surface area contributed by atoms with E-state index in [0.717, 1.165) is 14.9 Å². The van der Waals surface area contributed by atoms with Crippen molar-refractivity contribution in [3.63, 3.8) is 0 Å². The minimum Gasteiger partial charge on any atom is -0.496 e. The molecular formula is C28H23IN4O3S. The number of rotatable bonds is 7. The van der Waals surface area contributed by atoms with Crippen molar-refractivity contribution in [1.29, 1.82) is 0 Å². The molecule has 0 aromatic heterocycles. The molecule has 0 aliphatic heterocycles. The van der Waals surface area contributed by atoms with Crippen LogP contribution in [0.3, 0.4) is 0 Å². The molecule has 7 nitrogen and oxygen atoms in total. The summed E-state index contributed by atoms with van der Waals surface area (Å²) in [6.45, 7) is 0. The maximum absolute atomic E-state index is 13.0. The number of amides is 2. The van der Waals surface area contributed by atoms with Crippen LogP contribution in [0.2, 0.25) is 0 Å². The van der Waals surface area contributed by atoms with E-state index in [1.807, 2.05) is 54.6 Å². The summed E-state index contributed by atoms with van der Waals surface area (Å²) in [6, 6.07) is 29.3. The Morgan fingerprint density at radius 2 is 1.41 bits per heavy atom. The normalized spacial score (nSPS) is 10.2. The average Bonchev–Trinajstić information content (AvgIpc) is 2.90. The molecule has 0 fully saturated rings. The highest BCUT2D eigenvalue weighted by Crippen LogP contribution is 2.23. The fraction of sp³-hybridized carbons (Fsp3) is 0.0357. The first-order valence-electron chi connectivity index (χ1n) is 11.2. The summed E-state index contributed by atoms with van der Waals surface area (Å²) in [7, 11) is 1.57. The fourth-order valence-corrected chi connectivity index (χ4v) is 4.39. The number of anilines is 4. The number of nitrogens with one attached hydrogen (secondary N) is 4. The van der Waals surface area contributed by atoms with E-state index in [1.165, 1.54) is 0 Å². The lowest BCUT2D eigenvalue weighted by atomic mass is 10.1. The van der Waals surface area contributed by atoms with Gasteiger partial charge in [-0.25, -0.2) is 0 Å². The predicted octanol–water partition coefficient (Wildman–Crippen LogP) is 6.42. The minimum atomic E-state index is -0.371. The van der Waals surface area contributed by atoms with Crippen molar-refractivity contribution in [3.05, 3.63) is 112 Å². The van der Waals surface area contributed by atoms with Crippen LogP contribution in [0.25, 0.3) is 0 Å². The van der Waals surface area contributed by atoms with Gasteiger partial charge in [0.15, 0.2) is 5.11 Å². The molecule has 0 heterocycles. The molecule has 4 aromatic rings. The van der Waals surface area contributed by atoms with Gasteiger partial charge < -0.3 is 20.7 Å². The quantitative estimate of drug-likeness (QED) is 0.141. The molecule has 4 N–H and O–H groups in total. The van der Waals surface area contributed by atoms with Crippen molar-refractivity contribution in [2.45, 2.75) is 0 Å². The number of para-hydroxylation sites is 2. The standard InChI is InChI=1S/C28H23IN4O3S/c1-36-25-16-11-18(17-23(25)29)26(34)33-28(37)32-24-10-6-5-9-22(24)27(35)31-21-14-12-20(13-15-21)30-19-7-3-2-4-8-19/h2-17,30H,1H3,(H,31,35)(H2,32,33,34,37). The van der Waals surface area contributed by atoms with Crippen LogP contribution < -0.4 is 26.0 Å². The highest BCUT2D eigenvalue weighted by atomic mass is 127. The number of ether oxygens (including phenoxy) is 1. The lowest BCUT2D eigenvalue weighted by Gasteiger charge is -2.14. The maximum atomic E-state index is 13.0. The zero-order valence-electron chi connectivity index (χ0n) is 19.7. The molecule has 0 spiro atoms. The molecule has 2 amide bonds. The molecule has 186 valence electrons. The first-order valence-corrected chi connectivity index (χ1v) is 12.7. The third kappa shape index (κ3) is 7.05. The Morgan fingerprint density at radius 1 is 0.757 bits per heavy atom. The molecular weight excluding hydrogens is 599 g/mol. The van der Waals surface area contributed by atoms with Gasteiger partial charge in [-0.15, -0.1) is 0 Å². The monoisotopic (exact) mass is 622 g/mol. The minimum absolute atomic E-state index is 0.0763. The molecule has 0 unspecified atom stereocenters. The predicted molar refractivity (Wildman–Crippen MR) is 160 cm³/mol. The Hall–Kier alpha value is -3.96. The van der Waals surface area contributed by atoms with E-state index in [0.29, 0.717) is 28.3 Å². The van der Waals surface area contributed by atoms with Gasteiger partial charge in [0.2, 0.25) is 0 Å². The second-order valence-corrected chi connectivity index (χ2v) is 9.40. The fourth-order valence-electron chi connectivity index (χ4n) is 3.45. The van der Waals surface area contributed by atoms with Crippen LogP contribution in [0, 0.1) is 3.57 Å². The van der Waals surface area contributed by atoms with Crippen molar-refractivity contribution < 1.29 is 14.3 Å². The van der Waals surface area contributed by atoms with Crippen molar-refractivity contribution in [3.8, 4) is 5.75 Å². The molecule has 0 atom stereocenters. The second-order valence-electron chi connectivity index (χ2n) is 7.83. The molecule has 37 heavy (non-hydrogen) atoms. The number of halogens is 1. The summed E-state index contributed by atoms with van der Waals surface area (Å²) in [5.74, 6) is -0.00482. The summed E-state index contributed by atoms with van der Waals surface area (Å²) in [5, 5.41) is 11.9. The molecule has 0 aliphatic carbocycles. The number of thiocarbonyl (C=S) groups is 1. The molecule has 0 aliphatic rings. The van der Waals surface area contributed by atoms with Crippen LogP contribution in [0.4, 0.5) is 22.7 Å². The van der Waals surface area contributed by atoms with Gasteiger partial charge in [0.1, 0.15) is 5.75 Å². The average molecular weight is 622 g/mol. The van der Waals surface area contributed by atoms with Crippen molar-refractivity contribution in [2.24, 2.45) is 0 Å². The van der Waals surface area contributed by atoms with Gasteiger partial charge in [0.25, 0.3) is 11.8 Å². The van der Waals surface area contributed by atoms with E-state index in [1.54, 1.807) is 49.6 Å². The Labute approximate surface area is 233 Å². The van der Waals surface area contributed by atoms with Gasteiger partial charge >= 0.3 is 0 Å². The number of hydrogen-bond donors (Lipinski definition) is 4. The number of carbonyl (C=O) groups excluding carboxylic acids is 2. The van der Waals surface area contributed by atoms with E-state index < -0.39 is 0 Å². The zero-order chi connectivity index (χ0) is 26.2. The van der Waals surface area contributed by atoms with Gasteiger partial charge in [-0.05, 0) is 102 Å². The van der Waals surface area contributed by atoms with Crippen LogP contribution >= 0.6 is 34.8 Å². The summed E-state index contributed by atoms with van der Waals surface area (Å²) in [4.78, 5) is 25.7. The lowest BCUT2D eigenvalue weighted by Crippen LogP contribution is -2.34. The van der Waals surface area contributed by atoms with E-state index in [9.17, 15) is 9.59 Å². The Morgan fingerprint density at radius 3 is 2.11 bits per heavy atom. The Kier molecular flexibility index (Phi) is 8.70. The Balaban J connectivity index is 1.39. The van der Waals surface area contributed by atoms with Crippen molar-refractivity contribution in [2.75, 3.05) is 23.1 Å². The van der Waals surface area contributed by atoms with Gasteiger partial charge in [-0.1, -0.05) is 30.3 Å². The van der Waals surface area contributed by atoms with Crippen LogP contribution in [0.5, 0.6) is 5.75 Å².